The van der Waals surface area contributed by atoms with Crippen LogP contribution in [0.1, 0.15) is 19.8 Å². The Hall–Kier alpha value is -0.840. The van der Waals surface area contributed by atoms with Crippen molar-refractivity contribution in [3.8, 4) is 0 Å². The third-order valence-corrected chi connectivity index (χ3v) is 3.06. The van der Waals surface area contributed by atoms with Crippen LogP contribution >= 0.6 is 12.2 Å². The van der Waals surface area contributed by atoms with Gasteiger partial charge in [-0.05, 0) is 37.9 Å². The molecule has 4 nitrogen and oxygen atoms in total. The summed E-state index contributed by atoms with van der Waals surface area (Å²) in [6.45, 7) is 4.26. The van der Waals surface area contributed by atoms with Crippen molar-refractivity contribution < 1.29 is 0 Å². The maximum Gasteiger partial charge on any atom is 0.225 e. The SMILES string of the molecule is CCN(CC1CC1)c1n[nH]c(=S)n1C. The number of aromatic amines is 1. The Morgan fingerprint density at radius 2 is 2.36 bits per heavy atom. The van der Waals surface area contributed by atoms with Crippen LogP contribution in [-0.2, 0) is 7.05 Å². The van der Waals surface area contributed by atoms with Crippen LogP contribution < -0.4 is 4.90 Å². The fourth-order valence-electron chi connectivity index (χ4n) is 1.59. The molecule has 78 valence electrons. The first-order valence-corrected chi connectivity index (χ1v) is 5.49. The Morgan fingerprint density at radius 1 is 1.64 bits per heavy atom. The molecule has 1 saturated carbocycles. The van der Waals surface area contributed by atoms with Crippen LogP contribution in [0.3, 0.4) is 0 Å². The fraction of sp³-hybridized carbons (Fsp3) is 0.778. The summed E-state index contributed by atoms with van der Waals surface area (Å²) < 4.78 is 2.62. The minimum Gasteiger partial charge on any atom is -0.341 e. The molecule has 2 rings (SSSR count). The number of H-pyrrole nitrogens is 1. The Morgan fingerprint density at radius 3 is 2.79 bits per heavy atom. The first-order valence-electron chi connectivity index (χ1n) is 5.08. The fourth-order valence-corrected chi connectivity index (χ4v) is 1.71. The topological polar surface area (TPSA) is 36.9 Å². The molecule has 1 N–H and O–H groups in total. The van der Waals surface area contributed by atoms with Crippen molar-refractivity contribution in [3.05, 3.63) is 4.77 Å². The summed E-state index contributed by atoms with van der Waals surface area (Å²) in [7, 11) is 1.96. The molecule has 1 fully saturated rings. The van der Waals surface area contributed by atoms with Gasteiger partial charge in [-0.3, -0.25) is 4.57 Å². The van der Waals surface area contributed by atoms with Crippen LogP contribution in [0.25, 0.3) is 0 Å². The van der Waals surface area contributed by atoms with Crippen molar-refractivity contribution in [1.29, 1.82) is 0 Å². The van der Waals surface area contributed by atoms with E-state index in [9.17, 15) is 0 Å². The lowest BCUT2D eigenvalue weighted by atomic mass is 10.4. The predicted molar refractivity (Wildman–Crippen MR) is 59.0 cm³/mol. The van der Waals surface area contributed by atoms with Gasteiger partial charge in [-0.25, -0.2) is 5.10 Å². The van der Waals surface area contributed by atoms with Crippen LogP contribution in [0.15, 0.2) is 0 Å². The molecule has 0 aromatic carbocycles. The third-order valence-electron chi connectivity index (χ3n) is 2.70. The van der Waals surface area contributed by atoms with Crippen molar-refractivity contribution in [2.75, 3.05) is 18.0 Å². The highest BCUT2D eigenvalue weighted by Crippen LogP contribution is 2.30. The molecule has 1 aromatic heterocycles. The van der Waals surface area contributed by atoms with Crippen LogP contribution in [0, 0.1) is 10.7 Å². The number of nitrogens with one attached hydrogen (secondary N) is 1. The minimum absolute atomic E-state index is 0.689. The molecule has 0 radical (unpaired) electrons. The standard InChI is InChI=1S/C9H16N4S/c1-3-13(6-7-4-5-7)8-10-11-9(14)12(8)2/h7H,3-6H2,1-2H3,(H,11,14). The number of nitrogens with zero attached hydrogens (tertiary/aromatic N) is 3. The van der Waals surface area contributed by atoms with Gasteiger partial charge in [0.05, 0.1) is 0 Å². The molecule has 0 unspecified atom stereocenters. The first kappa shape index (κ1) is 9.71. The second kappa shape index (κ2) is 3.73. The average Bonchev–Trinajstić information content (AvgIpc) is 2.94. The molecule has 0 bridgehead atoms. The Bertz CT molecular complexity index is 363. The van der Waals surface area contributed by atoms with Gasteiger partial charge in [-0.2, -0.15) is 0 Å². The molecule has 0 saturated heterocycles. The number of rotatable bonds is 4. The van der Waals surface area contributed by atoms with Crippen LogP contribution in [0.2, 0.25) is 0 Å². The van der Waals surface area contributed by atoms with Gasteiger partial charge in [-0.15, -0.1) is 5.10 Å². The monoisotopic (exact) mass is 212 g/mol. The van der Waals surface area contributed by atoms with Gasteiger partial charge in [0, 0.05) is 20.1 Å². The molecule has 5 heteroatoms. The van der Waals surface area contributed by atoms with E-state index in [0.29, 0.717) is 4.77 Å². The Kier molecular flexibility index (Phi) is 2.58. The molecular formula is C9H16N4S. The summed E-state index contributed by atoms with van der Waals surface area (Å²) >= 11 is 5.09. The zero-order chi connectivity index (χ0) is 10.1. The highest BCUT2D eigenvalue weighted by Gasteiger charge is 2.25. The van der Waals surface area contributed by atoms with E-state index < -0.39 is 0 Å². The lowest BCUT2D eigenvalue weighted by Crippen LogP contribution is -2.27. The maximum atomic E-state index is 5.09. The number of aromatic nitrogens is 3. The Labute approximate surface area is 88.9 Å². The van der Waals surface area contributed by atoms with E-state index in [-0.39, 0.29) is 0 Å². The molecule has 0 aliphatic heterocycles. The molecule has 0 atom stereocenters. The molecule has 1 aromatic rings. The second-order valence-electron chi connectivity index (χ2n) is 3.87. The summed E-state index contributed by atoms with van der Waals surface area (Å²) in [5, 5.41) is 7.06. The first-order chi connectivity index (χ1) is 6.72. The van der Waals surface area contributed by atoms with Crippen molar-refractivity contribution in [1.82, 2.24) is 14.8 Å². The number of anilines is 1. The summed E-state index contributed by atoms with van der Waals surface area (Å²) in [4.78, 5) is 2.28. The van der Waals surface area contributed by atoms with Crippen molar-refractivity contribution in [2.24, 2.45) is 13.0 Å². The van der Waals surface area contributed by atoms with E-state index in [1.54, 1.807) is 0 Å². The molecule has 14 heavy (non-hydrogen) atoms. The highest BCUT2D eigenvalue weighted by atomic mass is 32.1. The zero-order valence-corrected chi connectivity index (χ0v) is 9.47. The van der Waals surface area contributed by atoms with E-state index in [1.165, 1.54) is 12.8 Å². The van der Waals surface area contributed by atoms with Gasteiger partial charge >= 0.3 is 0 Å². The molecular weight excluding hydrogens is 196 g/mol. The van der Waals surface area contributed by atoms with E-state index >= 15 is 0 Å². The largest absolute Gasteiger partial charge is 0.341 e. The molecule has 1 aliphatic carbocycles. The van der Waals surface area contributed by atoms with E-state index in [1.807, 2.05) is 11.6 Å². The van der Waals surface area contributed by atoms with E-state index in [2.05, 4.69) is 22.0 Å². The van der Waals surface area contributed by atoms with Gasteiger partial charge in [-0.1, -0.05) is 0 Å². The lowest BCUT2D eigenvalue weighted by molar-refractivity contribution is 0.698. The van der Waals surface area contributed by atoms with Crippen LogP contribution in [-0.4, -0.2) is 27.9 Å². The summed E-state index contributed by atoms with van der Waals surface area (Å²) in [5.41, 5.74) is 0. The Balaban J connectivity index is 2.16. The van der Waals surface area contributed by atoms with Crippen LogP contribution in [0.4, 0.5) is 5.95 Å². The minimum atomic E-state index is 0.689. The van der Waals surface area contributed by atoms with Gasteiger partial charge in [0.25, 0.3) is 0 Å². The summed E-state index contributed by atoms with van der Waals surface area (Å²) in [6, 6.07) is 0. The van der Waals surface area contributed by atoms with Gasteiger partial charge in [0.15, 0.2) is 4.77 Å². The second-order valence-corrected chi connectivity index (χ2v) is 4.26. The van der Waals surface area contributed by atoms with Crippen molar-refractivity contribution >= 4 is 18.2 Å². The molecule has 0 amide bonds. The van der Waals surface area contributed by atoms with Crippen molar-refractivity contribution in [3.63, 3.8) is 0 Å². The third kappa shape index (κ3) is 1.82. The number of hydrogen-bond donors (Lipinski definition) is 1. The van der Waals surface area contributed by atoms with E-state index in [4.69, 9.17) is 12.2 Å². The van der Waals surface area contributed by atoms with Gasteiger partial charge < -0.3 is 4.90 Å². The predicted octanol–water partition coefficient (Wildman–Crippen LogP) is 1.71. The smallest absolute Gasteiger partial charge is 0.225 e. The van der Waals surface area contributed by atoms with E-state index in [0.717, 1.165) is 25.0 Å². The van der Waals surface area contributed by atoms with Crippen LogP contribution in [0.5, 0.6) is 0 Å². The summed E-state index contributed by atoms with van der Waals surface area (Å²) in [6.07, 6.45) is 2.73. The quantitative estimate of drug-likeness (QED) is 0.772. The summed E-state index contributed by atoms with van der Waals surface area (Å²) in [5.74, 6) is 1.84. The molecule has 1 heterocycles. The average molecular weight is 212 g/mol. The maximum absolute atomic E-state index is 5.09. The number of hydrogen-bond acceptors (Lipinski definition) is 3. The molecule has 1 aliphatic rings. The van der Waals surface area contributed by atoms with Crippen molar-refractivity contribution in [2.45, 2.75) is 19.8 Å². The normalized spacial score (nSPS) is 15.9. The molecule has 0 spiro atoms. The van der Waals surface area contributed by atoms with Gasteiger partial charge in [0.1, 0.15) is 0 Å². The highest BCUT2D eigenvalue weighted by molar-refractivity contribution is 7.71. The lowest BCUT2D eigenvalue weighted by Gasteiger charge is -2.20. The van der Waals surface area contributed by atoms with Gasteiger partial charge in [0.2, 0.25) is 5.95 Å². The zero-order valence-electron chi connectivity index (χ0n) is 8.66.